The number of hydrogen-bond acceptors (Lipinski definition) is 1. The van der Waals surface area contributed by atoms with E-state index in [0.29, 0.717) is 5.56 Å². The van der Waals surface area contributed by atoms with E-state index in [1.165, 1.54) is 0 Å². The zero-order valence-electron chi connectivity index (χ0n) is 10.7. The van der Waals surface area contributed by atoms with Crippen LogP contribution in [0.15, 0.2) is 78.9 Å². The second-order valence-electron chi connectivity index (χ2n) is 3.99. The van der Waals surface area contributed by atoms with Crippen molar-refractivity contribution in [2.45, 2.75) is 0 Å². The Labute approximate surface area is 128 Å². The summed E-state index contributed by atoms with van der Waals surface area (Å²) in [7, 11) is 0. The average Bonchev–Trinajstić information content (AvgIpc) is 2.49. The van der Waals surface area contributed by atoms with Gasteiger partial charge >= 0.3 is 5.97 Å². The zero-order valence-corrected chi connectivity index (χ0v) is 11.7. The van der Waals surface area contributed by atoms with Crippen LogP contribution in [0.4, 0.5) is 0 Å². The van der Waals surface area contributed by atoms with Crippen molar-refractivity contribution in [3.63, 3.8) is 0 Å². The monoisotopic (exact) mass is 309 g/mol. The molecule has 3 aromatic rings. The summed E-state index contributed by atoms with van der Waals surface area (Å²) in [5.41, 5.74) is 0.359. The van der Waals surface area contributed by atoms with E-state index in [9.17, 15) is 4.79 Å². The topological polar surface area (TPSA) is 37.3 Å². The van der Waals surface area contributed by atoms with E-state index >= 15 is 0 Å². The molecule has 0 bridgehead atoms. The second-order valence-corrected chi connectivity index (χ2v) is 3.99. The fourth-order valence-corrected chi connectivity index (χ4v) is 1.80. The van der Waals surface area contributed by atoms with Crippen molar-refractivity contribution in [3.8, 4) is 0 Å². The first kappa shape index (κ1) is 16.0. The summed E-state index contributed by atoms with van der Waals surface area (Å²) in [5, 5.41) is 10.6. The Balaban J connectivity index is 0.000000243. The summed E-state index contributed by atoms with van der Waals surface area (Å²) >= 11 is 0. The van der Waals surface area contributed by atoms with Crippen molar-refractivity contribution in [2.75, 3.05) is 0 Å². The molecule has 2 nitrogen and oxygen atoms in total. The summed E-state index contributed by atoms with van der Waals surface area (Å²) in [5.74, 6) is -0.878. The maximum absolute atomic E-state index is 10.8. The summed E-state index contributed by atoms with van der Waals surface area (Å²) in [6.07, 6.45) is 0. The SMILES string of the molecule is O=C(O)c1cccc2ccccc12.[Co].c1ccccc1. The van der Waals surface area contributed by atoms with E-state index in [1.54, 1.807) is 12.1 Å². The molecule has 3 heteroatoms. The molecule has 0 heterocycles. The molecule has 0 atom stereocenters. The molecule has 1 radical (unpaired) electrons. The van der Waals surface area contributed by atoms with Crippen LogP contribution < -0.4 is 0 Å². The molecule has 103 valence electrons. The minimum Gasteiger partial charge on any atom is -0.478 e. The van der Waals surface area contributed by atoms with Gasteiger partial charge in [0.05, 0.1) is 5.56 Å². The molecular formula is C17H14CoO2. The van der Waals surface area contributed by atoms with Crippen LogP contribution in [0.5, 0.6) is 0 Å². The number of aromatic carboxylic acids is 1. The van der Waals surface area contributed by atoms with Gasteiger partial charge in [0.2, 0.25) is 0 Å². The number of carboxylic acid groups (broad SMARTS) is 1. The van der Waals surface area contributed by atoms with Crippen LogP contribution in [0.1, 0.15) is 10.4 Å². The summed E-state index contributed by atoms with van der Waals surface area (Å²) in [6, 6.07) is 24.7. The van der Waals surface area contributed by atoms with Crippen molar-refractivity contribution in [3.05, 3.63) is 84.4 Å². The van der Waals surface area contributed by atoms with Crippen molar-refractivity contribution >= 4 is 16.7 Å². The molecule has 0 aliphatic rings. The van der Waals surface area contributed by atoms with Gasteiger partial charge in [-0.3, -0.25) is 0 Å². The number of carboxylic acids is 1. The van der Waals surface area contributed by atoms with Crippen LogP contribution >= 0.6 is 0 Å². The second kappa shape index (κ2) is 8.14. The molecular weight excluding hydrogens is 295 g/mol. The molecule has 3 aromatic carbocycles. The maximum Gasteiger partial charge on any atom is 0.336 e. The minimum absolute atomic E-state index is 0. The third kappa shape index (κ3) is 4.22. The average molecular weight is 309 g/mol. The number of benzene rings is 3. The minimum atomic E-state index is -0.878. The van der Waals surface area contributed by atoms with E-state index in [1.807, 2.05) is 66.7 Å². The van der Waals surface area contributed by atoms with E-state index in [0.717, 1.165) is 10.8 Å². The Bertz CT molecular complexity index is 634. The predicted octanol–water partition coefficient (Wildman–Crippen LogP) is 4.22. The third-order valence-corrected chi connectivity index (χ3v) is 2.69. The standard InChI is InChI=1S/C11H8O2.C6H6.Co/c12-11(13)10-7-3-5-8-4-1-2-6-9(8)10;1-2-4-6-5-3-1;/h1-7H,(H,12,13);1-6H;. The van der Waals surface area contributed by atoms with Crippen LogP contribution in [0, 0.1) is 0 Å². The summed E-state index contributed by atoms with van der Waals surface area (Å²) < 4.78 is 0. The molecule has 1 N–H and O–H groups in total. The maximum atomic E-state index is 10.8. The molecule has 0 unspecified atom stereocenters. The van der Waals surface area contributed by atoms with Crippen molar-refractivity contribution in [2.24, 2.45) is 0 Å². The molecule has 0 aliphatic heterocycles. The van der Waals surface area contributed by atoms with Crippen LogP contribution in [-0.4, -0.2) is 11.1 Å². The molecule has 3 rings (SSSR count). The van der Waals surface area contributed by atoms with Gasteiger partial charge in [-0.1, -0.05) is 72.8 Å². The number of hydrogen-bond donors (Lipinski definition) is 1. The van der Waals surface area contributed by atoms with Crippen molar-refractivity contribution in [1.29, 1.82) is 0 Å². The van der Waals surface area contributed by atoms with E-state index in [-0.39, 0.29) is 16.8 Å². The Morgan fingerprint density at radius 3 is 1.75 bits per heavy atom. The Kier molecular flexibility index (Phi) is 6.50. The van der Waals surface area contributed by atoms with Gasteiger partial charge in [-0.05, 0) is 16.8 Å². The van der Waals surface area contributed by atoms with Crippen LogP contribution in [0.3, 0.4) is 0 Å². The molecule has 0 saturated heterocycles. The van der Waals surface area contributed by atoms with Gasteiger partial charge in [0, 0.05) is 16.8 Å². The Morgan fingerprint density at radius 1 is 0.700 bits per heavy atom. The van der Waals surface area contributed by atoms with Crippen molar-refractivity contribution in [1.82, 2.24) is 0 Å². The molecule has 0 fully saturated rings. The van der Waals surface area contributed by atoms with Gasteiger partial charge in [0.15, 0.2) is 0 Å². The van der Waals surface area contributed by atoms with E-state index < -0.39 is 5.97 Å². The molecule has 20 heavy (non-hydrogen) atoms. The molecule has 0 aliphatic carbocycles. The van der Waals surface area contributed by atoms with Gasteiger partial charge in [0.1, 0.15) is 0 Å². The van der Waals surface area contributed by atoms with Crippen LogP contribution in [0.2, 0.25) is 0 Å². The number of fused-ring (bicyclic) bond motifs is 1. The number of rotatable bonds is 1. The first-order chi connectivity index (χ1) is 9.29. The normalized spacial score (nSPS) is 9.00. The quantitative estimate of drug-likeness (QED) is 0.730. The van der Waals surface area contributed by atoms with E-state index in [2.05, 4.69) is 0 Å². The summed E-state index contributed by atoms with van der Waals surface area (Å²) in [6.45, 7) is 0. The Morgan fingerprint density at radius 2 is 1.20 bits per heavy atom. The van der Waals surface area contributed by atoms with Gasteiger partial charge in [0.25, 0.3) is 0 Å². The molecule has 0 aromatic heterocycles. The molecule has 0 spiro atoms. The fraction of sp³-hybridized carbons (Fsp3) is 0. The van der Waals surface area contributed by atoms with Crippen LogP contribution in [-0.2, 0) is 16.8 Å². The van der Waals surface area contributed by atoms with Crippen LogP contribution in [0.25, 0.3) is 10.8 Å². The van der Waals surface area contributed by atoms with Gasteiger partial charge in [-0.2, -0.15) is 0 Å². The Hall–Kier alpha value is -2.10. The third-order valence-electron chi connectivity index (χ3n) is 2.69. The summed E-state index contributed by atoms with van der Waals surface area (Å²) in [4.78, 5) is 10.8. The largest absolute Gasteiger partial charge is 0.478 e. The van der Waals surface area contributed by atoms with Crippen molar-refractivity contribution < 1.29 is 26.7 Å². The van der Waals surface area contributed by atoms with E-state index in [4.69, 9.17) is 5.11 Å². The first-order valence-electron chi connectivity index (χ1n) is 6.00. The number of carbonyl (C=O) groups is 1. The first-order valence-corrected chi connectivity index (χ1v) is 6.00. The predicted molar refractivity (Wildman–Crippen MR) is 77.3 cm³/mol. The van der Waals surface area contributed by atoms with Gasteiger partial charge < -0.3 is 5.11 Å². The smallest absolute Gasteiger partial charge is 0.336 e. The van der Waals surface area contributed by atoms with Gasteiger partial charge in [-0.25, -0.2) is 4.79 Å². The molecule has 0 saturated carbocycles. The van der Waals surface area contributed by atoms with Gasteiger partial charge in [-0.15, -0.1) is 0 Å². The fourth-order valence-electron chi connectivity index (χ4n) is 1.80. The molecule has 0 amide bonds. The zero-order chi connectivity index (χ0) is 13.5.